The molecule has 0 amide bonds. The molecule has 5 nitrogen and oxygen atoms in total. The molecule has 2 N–H and O–H groups in total. The third-order valence-corrected chi connectivity index (χ3v) is 4.49. The number of nitrogens with zero attached hydrogens (tertiary/aromatic N) is 3. The molecule has 1 aliphatic carbocycles. The van der Waals surface area contributed by atoms with Crippen molar-refractivity contribution >= 4 is 0 Å². The lowest BCUT2D eigenvalue weighted by atomic mass is 9.78. The Morgan fingerprint density at radius 1 is 1.45 bits per heavy atom. The minimum absolute atomic E-state index is 0.317. The van der Waals surface area contributed by atoms with E-state index in [1.54, 1.807) is 6.33 Å². The van der Waals surface area contributed by atoms with Gasteiger partial charge in [-0.1, -0.05) is 13.3 Å². The van der Waals surface area contributed by atoms with Crippen molar-refractivity contribution in [2.45, 2.75) is 71.1 Å². The molecule has 1 aromatic heterocycles. The van der Waals surface area contributed by atoms with E-state index in [0.29, 0.717) is 19.1 Å². The van der Waals surface area contributed by atoms with Gasteiger partial charge in [0.1, 0.15) is 12.2 Å². The van der Waals surface area contributed by atoms with E-state index >= 15 is 0 Å². The molecule has 0 atom stereocenters. The van der Waals surface area contributed by atoms with Gasteiger partial charge in [-0.25, -0.2) is 9.67 Å². The molecule has 2 rings (SSSR count). The van der Waals surface area contributed by atoms with Crippen LogP contribution in [0.15, 0.2) is 6.33 Å². The Bertz CT molecular complexity index is 408. The van der Waals surface area contributed by atoms with Gasteiger partial charge in [0, 0.05) is 12.6 Å². The third-order valence-electron chi connectivity index (χ3n) is 4.49. The molecule has 1 fully saturated rings. The summed E-state index contributed by atoms with van der Waals surface area (Å²) in [5, 5.41) is 18.2. The average molecular weight is 280 g/mol. The highest BCUT2D eigenvalue weighted by Crippen LogP contribution is 2.33. The van der Waals surface area contributed by atoms with E-state index in [1.807, 2.05) is 4.68 Å². The van der Waals surface area contributed by atoms with E-state index in [9.17, 15) is 5.11 Å². The van der Waals surface area contributed by atoms with E-state index in [4.69, 9.17) is 0 Å². The van der Waals surface area contributed by atoms with Crippen molar-refractivity contribution in [1.82, 2.24) is 20.1 Å². The van der Waals surface area contributed by atoms with Gasteiger partial charge in [0.05, 0.1) is 12.1 Å². The van der Waals surface area contributed by atoms with Gasteiger partial charge < -0.3 is 10.4 Å². The van der Waals surface area contributed by atoms with Crippen molar-refractivity contribution in [2.75, 3.05) is 6.54 Å². The van der Waals surface area contributed by atoms with Gasteiger partial charge in [0.2, 0.25) is 0 Å². The fourth-order valence-corrected chi connectivity index (χ4v) is 3.04. The van der Waals surface area contributed by atoms with Gasteiger partial charge in [0.25, 0.3) is 0 Å². The van der Waals surface area contributed by atoms with Crippen molar-refractivity contribution < 1.29 is 5.11 Å². The van der Waals surface area contributed by atoms with Crippen LogP contribution in [0.1, 0.15) is 64.7 Å². The Labute approximate surface area is 121 Å². The van der Waals surface area contributed by atoms with Crippen LogP contribution in [0.5, 0.6) is 0 Å². The summed E-state index contributed by atoms with van der Waals surface area (Å²) in [4.78, 5) is 4.28. The highest BCUT2D eigenvalue weighted by molar-refractivity contribution is 4.90. The summed E-state index contributed by atoms with van der Waals surface area (Å²) in [7, 11) is 0. The quantitative estimate of drug-likeness (QED) is 0.839. The number of nitrogens with one attached hydrogen (secondary N) is 1. The summed E-state index contributed by atoms with van der Waals surface area (Å²) in [5.41, 5.74) is -0.533. The van der Waals surface area contributed by atoms with E-state index in [2.05, 4.69) is 36.2 Å². The standard InChI is InChI=1S/C15H28N4O/c1-4-13-5-7-15(20,8-6-13)10-16-9-14-17-11-18-19(14)12(2)3/h11-13,16,20H,4-10H2,1-3H3. The zero-order valence-corrected chi connectivity index (χ0v) is 13.0. The van der Waals surface area contributed by atoms with Crippen LogP contribution < -0.4 is 5.32 Å². The average Bonchev–Trinajstić information content (AvgIpc) is 2.88. The Kier molecular flexibility index (Phi) is 5.16. The zero-order valence-electron chi connectivity index (χ0n) is 13.0. The molecule has 5 heteroatoms. The van der Waals surface area contributed by atoms with Gasteiger partial charge in [-0.15, -0.1) is 0 Å². The first-order valence-corrected chi connectivity index (χ1v) is 7.85. The smallest absolute Gasteiger partial charge is 0.141 e. The topological polar surface area (TPSA) is 63.0 Å². The fourth-order valence-electron chi connectivity index (χ4n) is 3.04. The molecule has 1 aromatic rings. The van der Waals surface area contributed by atoms with Gasteiger partial charge in [-0.05, 0) is 45.4 Å². The van der Waals surface area contributed by atoms with E-state index in [-0.39, 0.29) is 0 Å². The lowest BCUT2D eigenvalue weighted by Crippen LogP contribution is -2.43. The largest absolute Gasteiger partial charge is 0.389 e. The van der Waals surface area contributed by atoms with Gasteiger partial charge >= 0.3 is 0 Å². The number of aliphatic hydroxyl groups is 1. The predicted molar refractivity (Wildman–Crippen MR) is 79.3 cm³/mol. The lowest BCUT2D eigenvalue weighted by Gasteiger charge is -2.36. The maximum absolute atomic E-state index is 10.6. The normalized spacial score (nSPS) is 27.1. The van der Waals surface area contributed by atoms with Crippen LogP contribution >= 0.6 is 0 Å². The molecular weight excluding hydrogens is 252 g/mol. The van der Waals surface area contributed by atoms with Gasteiger partial charge in [-0.3, -0.25) is 0 Å². The summed E-state index contributed by atoms with van der Waals surface area (Å²) in [5.74, 6) is 1.74. The van der Waals surface area contributed by atoms with Crippen LogP contribution in [0.2, 0.25) is 0 Å². The van der Waals surface area contributed by atoms with Crippen LogP contribution in [0.25, 0.3) is 0 Å². The second kappa shape index (κ2) is 6.68. The molecule has 1 saturated carbocycles. The van der Waals surface area contributed by atoms with E-state index in [0.717, 1.165) is 37.4 Å². The molecule has 1 aliphatic rings. The number of rotatable bonds is 6. The first-order chi connectivity index (χ1) is 9.54. The summed E-state index contributed by atoms with van der Waals surface area (Å²) in [6.45, 7) is 7.74. The lowest BCUT2D eigenvalue weighted by molar-refractivity contribution is -0.00898. The van der Waals surface area contributed by atoms with Crippen molar-refractivity contribution in [3.63, 3.8) is 0 Å². The summed E-state index contributed by atoms with van der Waals surface area (Å²) in [6, 6.07) is 0.317. The minimum Gasteiger partial charge on any atom is -0.389 e. The number of hydrogen-bond donors (Lipinski definition) is 2. The zero-order chi connectivity index (χ0) is 14.6. The molecule has 0 aliphatic heterocycles. The van der Waals surface area contributed by atoms with Crippen molar-refractivity contribution in [3.8, 4) is 0 Å². The van der Waals surface area contributed by atoms with Gasteiger partial charge in [0.15, 0.2) is 0 Å². The highest BCUT2D eigenvalue weighted by Gasteiger charge is 2.32. The predicted octanol–water partition coefficient (Wildman–Crippen LogP) is 2.28. The first-order valence-electron chi connectivity index (χ1n) is 7.85. The van der Waals surface area contributed by atoms with Gasteiger partial charge in [-0.2, -0.15) is 5.10 Å². The molecular formula is C15H28N4O. The number of aromatic nitrogens is 3. The molecule has 0 spiro atoms. The summed E-state index contributed by atoms with van der Waals surface area (Å²) >= 11 is 0. The molecule has 20 heavy (non-hydrogen) atoms. The van der Waals surface area contributed by atoms with Crippen LogP contribution in [0.3, 0.4) is 0 Å². The van der Waals surface area contributed by atoms with Crippen molar-refractivity contribution in [3.05, 3.63) is 12.2 Å². The minimum atomic E-state index is -0.533. The Hall–Kier alpha value is -0.940. The Morgan fingerprint density at radius 2 is 2.15 bits per heavy atom. The third kappa shape index (κ3) is 3.79. The highest BCUT2D eigenvalue weighted by atomic mass is 16.3. The molecule has 0 saturated heterocycles. The van der Waals surface area contributed by atoms with Crippen molar-refractivity contribution in [1.29, 1.82) is 0 Å². The maximum Gasteiger partial charge on any atom is 0.141 e. The van der Waals surface area contributed by atoms with Crippen LogP contribution in [-0.2, 0) is 6.54 Å². The van der Waals surface area contributed by atoms with E-state index in [1.165, 1.54) is 6.42 Å². The molecule has 0 radical (unpaired) electrons. The molecule has 0 unspecified atom stereocenters. The van der Waals surface area contributed by atoms with Crippen molar-refractivity contribution in [2.24, 2.45) is 5.92 Å². The van der Waals surface area contributed by atoms with E-state index < -0.39 is 5.60 Å². The molecule has 114 valence electrons. The van der Waals surface area contributed by atoms with Crippen LogP contribution in [-0.4, -0.2) is 32.0 Å². The Morgan fingerprint density at radius 3 is 2.75 bits per heavy atom. The van der Waals surface area contributed by atoms with Crippen LogP contribution in [0, 0.1) is 5.92 Å². The first kappa shape index (κ1) is 15.4. The van der Waals surface area contributed by atoms with Crippen LogP contribution in [0.4, 0.5) is 0 Å². The summed E-state index contributed by atoms with van der Waals surface area (Å²) in [6.07, 6.45) is 6.96. The maximum atomic E-state index is 10.6. The second-order valence-corrected chi connectivity index (χ2v) is 6.39. The second-order valence-electron chi connectivity index (χ2n) is 6.39. The molecule has 0 aromatic carbocycles. The number of hydrogen-bond acceptors (Lipinski definition) is 4. The monoisotopic (exact) mass is 280 g/mol. The fraction of sp³-hybridized carbons (Fsp3) is 0.867. The molecule has 0 bridgehead atoms. The Balaban J connectivity index is 1.79. The molecule has 1 heterocycles. The summed E-state index contributed by atoms with van der Waals surface area (Å²) < 4.78 is 1.92. The SMILES string of the molecule is CCC1CCC(O)(CNCc2ncnn2C(C)C)CC1.